The van der Waals surface area contributed by atoms with E-state index in [9.17, 15) is 4.79 Å². The Balaban J connectivity index is 1.33. The zero-order chi connectivity index (χ0) is 16.4. The summed E-state index contributed by atoms with van der Waals surface area (Å²) in [5, 5.41) is 6.23. The number of aromatic nitrogens is 1. The van der Waals surface area contributed by atoms with Crippen molar-refractivity contribution < 1.29 is 14.3 Å². The SMILES string of the molecule is O=C1Cc2c(ccc3c2OC(CNCCc2cccnc2)CO3)N1. The number of nitrogens with zero attached hydrogens (tertiary/aromatic N) is 1. The number of fused-ring (bicyclic) bond motifs is 3. The molecule has 1 atom stereocenters. The zero-order valence-electron chi connectivity index (χ0n) is 13.2. The van der Waals surface area contributed by atoms with Crippen LogP contribution in [0.1, 0.15) is 11.1 Å². The van der Waals surface area contributed by atoms with Crippen LogP contribution < -0.4 is 20.1 Å². The van der Waals surface area contributed by atoms with E-state index in [1.54, 1.807) is 6.20 Å². The van der Waals surface area contributed by atoms with Gasteiger partial charge in [-0.15, -0.1) is 0 Å². The van der Waals surface area contributed by atoms with E-state index in [0.29, 0.717) is 25.3 Å². The molecule has 4 rings (SSSR count). The van der Waals surface area contributed by atoms with E-state index in [1.165, 1.54) is 5.56 Å². The van der Waals surface area contributed by atoms with Gasteiger partial charge in [-0.25, -0.2) is 0 Å². The summed E-state index contributed by atoms with van der Waals surface area (Å²) >= 11 is 0. The minimum Gasteiger partial charge on any atom is -0.486 e. The molecule has 1 aromatic heterocycles. The van der Waals surface area contributed by atoms with Gasteiger partial charge >= 0.3 is 0 Å². The fourth-order valence-corrected chi connectivity index (χ4v) is 3.02. The Labute approximate surface area is 140 Å². The van der Waals surface area contributed by atoms with Crippen molar-refractivity contribution in [3.05, 3.63) is 47.8 Å². The van der Waals surface area contributed by atoms with Crippen molar-refractivity contribution in [1.82, 2.24) is 10.3 Å². The average molecular weight is 325 g/mol. The molecule has 3 heterocycles. The third-order valence-electron chi connectivity index (χ3n) is 4.23. The van der Waals surface area contributed by atoms with E-state index < -0.39 is 0 Å². The highest BCUT2D eigenvalue weighted by Gasteiger charge is 2.29. The van der Waals surface area contributed by atoms with Crippen molar-refractivity contribution in [2.75, 3.05) is 25.0 Å². The molecular formula is C18H19N3O3. The van der Waals surface area contributed by atoms with Crippen molar-refractivity contribution in [2.24, 2.45) is 0 Å². The number of rotatable bonds is 5. The highest BCUT2D eigenvalue weighted by Crippen LogP contribution is 2.41. The van der Waals surface area contributed by atoms with Crippen LogP contribution in [-0.4, -0.2) is 36.7 Å². The van der Waals surface area contributed by atoms with E-state index >= 15 is 0 Å². The summed E-state index contributed by atoms with van der Waals surface area (Å²) in [6, 6.07) is 7.74. The molecule has 24 heavy (non-hydrogen) atoms. The molecule has 2 N–H and O–H groups in total. The minimum absolute atomic E-state index is 0.00119. The summed E-state index contributed by atoms with van der Waals surface area (Å²) in [7, 11) is 0. The van der Waals surface area contributed by atoms with Gasteiger partial charge in [0, 0.05) is 30.2 Å². The highest BCUT2D eigenvalue weighted by atomic mass is 16.6. The number of hydrogen-bond acceptors (Lipinski definition) is 5. The lowest BCUT2D eigenvalue weighted by Gasteiger charge is -2.28. The molecule has 124 valence electrons. The molecule has 0 fully saturated rings. The number of amides is 1. The molecule has 6 heteroatoms. The van der Waals surface area contributed by atoms with Crippen molar-refractivity contribution in [1.29, 1.82) is 0 Å². The van der Waals surface area contributed by atoms with Crippen LogP contribution in [0.2, 0.25) is 0 Å². The van der Waals surface area contributed by atoms with Gasteiger partial charge in [0.25, 0.3) is 0 Å². The van der Waals surface area contributed by atoms with Crippen molar-refractivity contribution >= 4 is 11.6 Å². The van der Waals surface area contributed by atoms with Gasteiger partial charge in [0.05, 0.1) is 6.42 Å². The maximum atomic E-state index is 11.6. The Morgan fingerprint density at radius 2 is 2.29 bits per heavy atom. The number of nitrogens with one attached hydrogen (secondary N) is 2. The molecule has 0 saturated carbocycles. The van der Waals surface area contributed by atoms with Crippen LogP contribution >= 0.6 is 0 Å². The number of benzene rings is 1. The first-order chi connectivity index (χ1) is 11.8. The summed E-state index contributed by atoms with van der Waals surface area (Å²) in [5.74, 6) is 1.42. The van der Waals surface area contributed by atoms with E-state index in [2.05, 4.69) is 21.7 Å². The van der Waals surface area contributed by atoms with Gasteiger partial charge in [0.15, 0.2) is 11.5 Å². The monoisotopic (exact) mass is 325 g/mol. The fraction of sp³-hybridized carbons (Fsp3) is 0.333. The van der Waals surface area contributed by atoms with E-state index in [-0.39, 0.29) is 12.0 Å². The molecular weight excluding hydrogens is 306 g/mol. The first-order valence-electron chi connectivity index (χ1n) is 8.14. The predicted molar refractivity (Wildman–Crippen MR) is 89.5 cm³/mol. The number of carbonyl (C=O) groups is 1. The third-order valence-corrected chi connectivity index (χ3v) is 4.23. The number of hydrogen-bond donors (Lipinski definition) is 2. The first kappa shape index (κ1) is 15.0. The molecule has 2 aliphatic heterocycles. The van der Waals surface area contributed by atoms with Crippen LogP contribution in [0, 0.1) is 0 Å². The third kappa shape index (κ3) is 3.05. The second-order valence-corrected chi connectivity index (χ2v) is 6.01. The lowest BCUT2D eigenvalue weighted by atomic mass is 10.1. The summed E-state index contributed by atoms with van der Waals surface area (Å²) < 4.78 is 11.9. The topological polar surface area (TPSA) is 72.5 Å². The second kappa shape index (κ2) is 6.49. The standard InChI is InChI=1S/C18H19N3O3/c22-17-8-14-15(21-17)3-4-16-18(14)24-13(11-23-16)10-20-7-5-12-2-1-6-19-9-12/h1-4,6,9,13,20H,5,7-8,10-11H2,(H,21,22). The Morgan fingerprint density at radius 1 is 1.33 bits per heavy atom. The van der Waals surface area contributed by atoms with Gasteiger partial charge in [0.2, 0.25) is 5.91 Å². The summed E-state index contributed by atoms with van der Waals surface area (Å²) in [4.78, 5) is 15.7. The number of pyridine rings is 1. The van der Waals surface area contributed by atoms with Crippen molar-refractivity contribution in [3.63, 3.8) is 0 Å². The van der Waals surface area contributed by atoms with Crippen LogP contribution in [-0.2, 0) is 17.6 Å². The molecule has 1 amide bonds. The van der Waals surface area contributed by atoms with Crippen LogP contribution in [0.3, 0.4) is 0 Å². The summed E-state index contributed by atoms with van der Waals surface area (Å²) in [6.07, 6.45) is 4.87. The van der Waals surface area contributed by atoms with Crippen molar-refractivity contribution in [2.45, 2.75) is 18.9 Å². The Morgan fingerprint density at radius 3 is 3.17 bits per heavy atom. The van der Waals surface area contributed by atoms with Gasteiger partial charge in [-0.05, 0) is 36.7 Å². The molecule has 6 nitrogen and oxygen atoms in total. The molecule has 2 aromatic rings. The Hall–Kier alpha value is -2.60. The van der Waals surface area contributed by atoms with Crippen LogP contribution in [0.4, 0.5) is 5.69 Å². The molecule has 0 bridgehead atoms. The molecule has 1 unspecified atom stereocenters. The van der Waals surface area contributed by atoms with Crippen LogP contribution in [0.25, 0.3) is 0 Å². The van der Waals surface area contributed by atoms with Crippen LogP contribution in [0.5, 0.6) is 11.5 Å². The summed E-state index contributed by atoms with van der Waals surface area (Å²) in [6.45, 7) is 2.06. The van der Waals surface area contributed by atoms with E-state index in [4.69, 9.17) is 9.47 Å². The average Bonchev–Trinajstić information content (AvgIpc) is 3.00. The fourth-order valence-electron chi connectivity index (χ4n) is 3.02. The molecule has 0 spiro atoms. The molecule has 1 aromatic carbocycles. The molecule has 0 radical (unpaired) electrons. The van der Waals surface area contributed by atoms with Gasteiger partial charge in [-0.3, -0.25) is 9.78 Å². The normalized spacial score (nSPS) is 18.2. The minimum atomic E-state index is -0.0615. The van der Waals surface area contributed by atoms with Gasteiger partial charge in [-0.2, -0.15) is 0 Å². The van der Waals surface area contributed by atoms with Gasteiger partial charge in [-0.1, -0.05) is 6.07 Å². The maximum Gasteiger partial charge on any atom is 0.229 e. The largest absolute Gasteiger partial charge is 0.486 e. The van der Waals surface area contributed by atoms with Crippen molar-refractivity contribution in [3.8, 4) is 11.5 Å². The Bertz CT molecular complexity index is 749. The summed E-state index contributed by atoms with van der Waals surface area (Å²) in [5.41, 5.74) is 2.93. The Kier molecular flexibility index (Phi) is 4.04. The molecule has 2 aliphatic rings. The van der Waals surface area contributed by atoms with Gasteiger partial charge < -0.3 is 20.1 Å². The highest BCUT2D eigenvalue weighted by molar-refractivity contribution is 6.00. The lowest BCUT2D eigenvalue weighted by Crippen LogP contribution is -2.39. The van der Waals surface area contributed by atoms with Gasteiger partial charge in [0.1, 0.15) is 12.7 Å². The van der Waals surface area contributed by atoms with Crippen LogP contribution in [0.15, 0.2) is 36.7 Å². The molecule has 0 saturated heterocycles. The lowest BCUT2D eigenvalue weighted by molar-refractivity contribution is -0.115. The maximum absolute atomic E-state index is 11.6. The number of carbonyl (C=O) groups excluding carboxylic acids is 1. The quantitative estimate of drug-likeness (QED) is 0.816. The second-order valence-electron chi connectivity index (χ2n) is 6.01. The zero-order valence-corrected chi connectivity index (χ0v) is 13.2. The number of anilines is 1. The first-order valence-corrected chi connectivity index (χ1v) is 8.14. The number of ether oxygens (including phenoxy) is 2. The molecule has 0 aliphatic carbocycles. The predicted octanol–water partition coefficient (Wildman–Crippen LogP) is 1.55. The smallest absolute Gasteiger partial charge is 0.229 e. The van der Waals surface area contributed by atoms with E-state index in [0.717, 1.165) is 30.0 Å². The van der Waals surface area contributed by atoms with E-state index in [1.807, 2.05) is 24.4 Å².